The van der Waals surface area contributed by atoms with E-state index in [0.717, 1.165) is 37.1 Å². The molecule has 5 nitrogen and oxygen atoms in total. The predicted octanol–water partition coefficient (Wildman–Crippen LogP) is 2.32. The van der Waals surface area contributed by atoms with E-state index in [9.17, 15) is 4.79 Å². The third kappa shape index (κ3) is 4.89. The van der Waals surface area contributed by atoms with Gasteiger partial charge >= 0.3 is 6.03 Å². The molecule has 0 atom stereocenters. The first kappa shape index (κ1) is 16.1. The Kier molecular flexibility index (Phi) is 6.32. The Morgan fingerprint density at radius 2 is 1.90 bits per heavy atom. The molecule has 0 bridgehead atoms. The summed E-state index contributed by atoms with van der Waals surface area (Å²) in [4.78, 5) is 16.2. The van der Waals surface area contributed by atoms with E-state index in [4.69, 9.17) is 4.74 Å². The summed E-state index contributed by atoms with van der Waals surface area (Å²) in [7, 11) is 1.67. The van der Waals surface area contributed by atoms with Gasteiger partial charge in [0.2, 0.25) is 0 Å². The van der Waals surface area contributed by atoms with E-state index in [0.29, 0.717) is 13.2 Å². The first-order valence-corrected chi connectivity index (χ1v) is 8.02. The van der Waals surface area contributed by atoms with E-state index in [1.807, 2.05) is 17.0 Å². The molecular formula is C15H22BrN3O2. The first-order chi connectivity index (χ1) is 10.2. The third-order valence-electron chi connectivity index (χ3n) is 3.56. The first-order valence-electron chi connectivity index (χ1n) is 7.23. The van der Waals surface area contributed by atoms with E-state index in [-0.39, 0.29) is 6.03 Å². The number of hydrogen-bond donors (Lipinski definition) is 1. The number of halogens is 1. The van der Waals surface area contributed by atoms with Gasteiger partial charge < -0.3 is 19.9 Å². The molecule has 1 N–H and O–H groups in total. The Balaban J connectivity index is 1.75. The van der Waals surface area contributed by atoms with Crippen molar-refractivity contribution >= 4 is 27.6 Å². The molecule has 0 unspecified atom stereocenters. The highest BCUT2D eigenvalue weighted by Gasteiger charge is 2.20. The van der Waals surface area contributed by atoms with Gasteiger partial charge in [-0.3, -0.25) is 0 Å². The smallest absolute Gasteiger partial charge is 0.317 e. The molecule has 0 aromatic heterocycles. The maximum absolute atomic E-state index is 12.0. The standard InChI is InChI=1S/C15H22BrN3O2/c1-21-12-2-7-17-15(20)19-10-8-18(9-11-19)14-5-3-13(16)4-6-14/h3-6H,2,7-12H2,1H3,(H,17,20). The molecule has 1 fully saturated rings. The number of amides is 2. The van der Waals surface area contributed by atoms with Crippen molar-refractivity contribution in [2.75, 3.05) is 51.3 Å². The molecule has 0 aliphatic carbocycles. The van der Waals surface area contributed by atoms with Crippen LogP contribution in [0, 0.1) is 0 Å². The normalized spacial score (nSPS) is 15.1. The average Bonchev–Trinajstić information content (AvgIpc) is 2.52. The fourth-order valence-corrected chi connectivity index (χ4v) is 2.61. The average molecular weight is 356 g/mol. The molecule has 1 saturated heterocycles. The number of benzene rings is 1. The summed E-state index contributed by atoms with van der Waals surface area (Å²) >= 11 is 3.44. The Labute approximate surface area is 134 Å². The fraction of sp³-hybridized carbons (Fsp3) is 0.533. The minimum absolute atomic E-state index is 0.0292. The summed E-state index contributed by atoms with van der Waals surface area (Å²) in [6, 6.07) is 8.32. The summed E-state index contributed by atoms with van der Waals surface area (Å²) in [6.45, 7) is 4.59. The molecule has 1 aromatic rings. The summed E-state index contributed by atoms with van der Waals surface area (Å²) < 4.78 is 6.05. The van der Waals surface area contributed by atoms with Gasteiger partial charge in [-0.2, -0.15) is 0 Å². The van der Waals surface area contributed by atoms with Crippen molar-refractivity contribution in [3.05, 3.63) is 28.7 Å². The van der Waals surface area contributed by atoms with Crippen LogP contribution < -0.4 is 10.2 Å². The number of ether oxygens (including phenoxy) is 1. The van der Waals surface area contributed by atoms with Crippen molar-refractivity contribution in [3.8, 4) is 0 Å². The van der Waals surface area contributed by atoms with Crippen molar-refractivity contribution in [2.24, 2.45) is 0 Å². The minimum atomic E-state index is 0.0292. The van der Waals surface area contributed by atoms with Gasteiger partial charge in [0.1, 0.15) is 0 Å². The van der Waals surface area contributed by atoms with Crippen LogP contribution >= 0.6 is 15.9 Å². The highest BCUT2D eigenvalue weighted by atomic mass is 79.9. The molecule has 2 amide bonds. The lowest BCUT2D eigenvalue weighted by molar-refractivity contribution is 0.183. The van der Waals surface area contributed by atoms with E-state index < -0.39 is 0 Å². The Morgan fingerprint density at radius 3 is 2.52 bits per heavy atom. The second-order valence-corrected chi connectivity index (χ2v) is 5.94. The zero-order valence-corrected chi connectivity index (χ0v) is 13.9. The van der Waals surface area contributed by atoms with Gasteiger partial charge in [0.25, 0.3) is 0 Å². The number of rotatable bonds is 5. The van der Waals surface area contributed by atoms with Crippen LogP contribution in [0.5, 0.6) is 0 Å². The van der Waals surface area contributed by atoms with Crippen molar-refractivity contribution in [1.29, 1.82) is 0 Å². The lowest BCUT2D eigenvalue weighted by atomic mass is 10.2. The van der Waals surface area contributed by atoms with Gasteiger partial charge in [-0.25, -0.2) is 4.79 Å². The lowest BCUT2D eigenvalue weighted by Gasteiger charge is -2.36. The van der Waals surface area contributed by atoms with Crippen LogP contribution in [0.25, 0.3) is 0 Å². The minimum Gasteiger partial charge on any atom is -0.385 e. The van der Waals surface area contributed by atoms with Crippen LogP contribution in [-0.4, -0.2) is 57.4 Å². The number of nitrogens with one attached hydrogen (secondary N) is 1. The van der Waals surface area contributed by atoms with E-state index in [1.165, 1.54) is 5.69 Å². The van der Waals surface area contributed by atoms with Crippen LogP contribution in [-0.2, 0) is 4.74 Å². The molecule has 1 aliphatic heterocycles. The molecule has 1 aliphatic rings. The second-order valence-electron chi connectivity index (χ2n) is 5.03. The highest BCUT2D eigenvalue weighted by molar-refractivity contribution is 9.10. The van der Waals surface area contributed by atoms with Crippen molar-refractivity contribution in [2.45, 2.75) is 6.42 Å². The SMILES string of the molecule is COCCCNC(=O)N1CCN(c2ccc(Br)cc2)CC1. The molecule has 6 heteroatoms. The molecule has 2 rings (SSSR count). The monoisotopic (exact) mass is 355 g/mol. The molecule has 1 aromatic carbocycles. The van der Waals surface area contributed by atoms with Gasteiger partial charge in [0, 0.05) is 56.6 Å². The number of carbonyl (C=O) groups excluding carboxylic acids is 1. The zero-order valence-electron chi connectivity index (χ0n) is 12.3. The molecule has 0 saturated carbocycles. The summed E-state index contributed by atoms with van der Waals surface area (Å²) in [5, 5.41) is 2.93. The summed E-state index contributed by atoms with van der Waals surface area (Å²) in [5.41, 5.74) is 1.21. The number of methoxy groups -OCH3 is 1. The van der Waals surface area contributed by atoms with Crippen LogP contribution in [0.15, 0.2) is 28.7 Å². The number of urea groups is 1. The summed E-state index contributed by atoms with van der Waals surface area (Å²) in [5.74, 6) is 0. The lowest BCUT2D eigenvalue weighted by Crippen LogP contribution is -2.52. The van der Waals surface area contributed by atoms with Gasteiger partial charge in [-0.05, 0) is 30.7 Å². The van der Waals surface area contributed by atoms with Crippen molar-refractivity contribution < 1.29 is 9.53 Å². The predicted molar refractivity (Wildman–Crippen MR) is 87.8 cm³/mol. The van der Waals surface area contributed by atoms with Gasteiger partial charge in [0.15, 0.2) is 0 Å². The fourth-order valence-electron chi connectivity index (χ4n) is 2.34. The maximum Gasteiger partial charge on any atom is 0.317 e. The van der Waals surface area contributed by atoms with E-state index in [2.05, 4.69) is 38.3 Å². The van der Waals surface area contributed by atoms with Crippen LogP contribution in [0.2, 0.25) is 0 Å². The third-order valence-corrected chi connectivity index (χ3v) is 4.09. The van der Waals surface area contributed by atoms with Crippen LogP contribution in [0.4, 0.5) is 10.5 Å². The number of carbonyl (C=O) groups is 1. The number of hydrogen-bond acceptors (Lipinski definition) is 3. The largest absolute Gasteiger partial charge is 0.385 e. The topological polar surface area (TPSA) is 44.8 Å². The van der Waals surface area contributed by atoms with E-state index in [1.54, 1.807) is 7.11 Å². The Morgan fingerprint density at radius 1 is 1.24 bits per heavy atom. The molecule has 21 heavy (non-hydrogen) atoms. The Bertz CT molecular complexity index is 445. The molecule has 0 spiro atoms. The molecule has 1 heterocycles. The molecule has 116 valence electrons. The number of anilines is 1. The summed E-state index contributed by atoms with van der Waals surface area (Å²) in [6.07, 6.45) is 0.848. The second kappa shape index (κ2) is 8.24. The highest BCUT2D eigenvalue weighted by Crippen LogP contribution is 2.19. The quantitative estimate of drug-likeness (QED) is 0.824. The zero-order chi connectivity index (χ0) is 15.1. The van der Waals surface area contributed by atoms with Crippen LogP contribution in [0.3, 0.4) is 0 Å². The Hall–Kier alpha value is -1.27. The van der Waals surface area contributed by atoms with Crippen molar-refractivity contribution in [1.82, 2.24) is 10.2 Å². The molecule has 0 radical (unpaired) electrons. The number of piperazine rings is 1. The van der Waals surface area contributed by atoms with Gasteiger partial charge in [-0.15, -0.1) is 0 Å². The molecular weight excluding hydrogens is 334 g/mol. The maximum atomic E-state index is 12.0. The van der Waals surface area contributed by atoms with E-state index >= 15 is 0 Å². The van der Waals surface area contributed by atoms with Gasteiger partial charge in [-0.1, -0.05) is 15.9 Å². The number of nitrogens with zero attached hydrogens (tertiary/aromatic N) is 2. The van der Waals surface area contributed by atoms with Crippen LogP contribution in [0.1, 0.15) is 6.42 Å². The van der Waals surface area contributed by atoms with Crippen molar-refractivity contribution in [3.63, 3.8) is 0 Å². The van der Waals surface area contributed by atoms with Gasteiger partial charge in [0.05, 0.1) is 0 Å².